The minimum Gasteiger partial charge on any atom is -0.390 e. The second kappa shape index (κ2) is 6.22. The maximum Gasteiger partial charge on any atom is 0.0678 e. The Balaban J connectivity index is 2.22. The molecule has 1 saturated carbocycles. The molecular weight excluding hydrogens is 208 g/mol. The van der Waals surface area contributed by atoms with Gasteiger partial charge in [0.05, 0.1) is 5.60 Å². The third kappa shape index (κ3) is 4.62. The summed E-state index contributed by atoms with van der Waals surface area (Å²) in [5.74, 6) is 0.480. The van der Waals surface area contributed by atoms with Crippen molar-refractivity contribution in [2.45, 2.75) is 91.1 Å². The van der Waals surface area contributed by atoms with Crippen LogP contribution in [0.3, 0.4) is 0 Å². The molecule has 1 aliphatic rings. The molecule has 0 amide bonds. The molecule has 1 fully saturated rings. The quantitative estimate of drug-likeness (QED) is 0.626. The molecular formula is C16H32O. The Morgan fingerprint density at radius 2 is 1.65 bits per heavy atom. The van der Waals surface area contributed by atoms with Crippen LogP contribution in [0, 0.1) is 11.3 Å². The first-order valence-corrected chi connectivity index (χ1v) is 7.62. The third-order valence-corrected chi connectivity index (χ3v) is 4.52. The molecule has 1 aliphatic carbocycles. The Hall–Kier alpha value is -0.0400. The Labute approximate surface area is 108 Å². The van der Waals surface area contributed by atoms with Crippen LogP contribution in [0.15, 0.2) is 0 Å². The first kappa shape index (κ1) is 15.0. The number of hydrogen-bond acceptors (Lipinski definition) is 1. The van der Waals surface area contributed by atoms with Gasteiger partial charge in [-0.1, -0.05) is 66.2 Å². The molecule has 102 valence electrons. The highest BCUT2D eigenvalue weighted by molar-refractivity contribution is 4.98. The molecule has 0 aliphatic heterocycles. The van der Waals surface area contributed by atoms with Crippen molar-refractivity contribution in [3.63, 3.8) is 0 Å². The monoisotopic (exact) mass is 240 g/mol. The maximum absolute atomic E-state index is 10.7. The lowest BCUT2D eigenvalue weighted by molar-refractivity contribution is -0.00625. The van der Waals surface area contributed by atoms with Crippen LogP contribution >= 0.6 is 0 Å². The molecule has 17 heavy (non-hydrogen) atoms. The van der Waals surface area contributed by atoms with Crippen LogP contribution in [0.4, 0.5) is 0 Å². The summed E-state index contributed by atoms with van der Waals surface area (Å²) < 4.78 is 0. The molecule has 0 aromatic carbocycles. The highest BCUT2D eigenvalue weighted by Crippen LogP contribution is 2.49. The van der Waals surface area contributed by atoms with Gasteiger partial charge in [-0.2, -0.15) is 0 Å². The van der Waals surface area contributed by atoms with Crippen molar-refractivity contribution in [1.82, 2.24) is 0 Å². The topological polar surface area (TPSA) is 20.2 Å². The van der Waals surface area contributed by atoms with E-state index in [1.165, 1.54) is 44.9 Å². The molecule has 1 N–H and O–H groups in total. The Kier molecular flexibility index (Phi) is 5.50. The van der Waals surface area contributed by atoms with Crippen molar-refractivity contribution in [2.75, 3.05) is 0 Å². The van der Waals surface area contributed by atoms with Gasteiger partial charge in [-0.25, -0.2) is 0 Å². The van der Waals surface area contributed by atoms with Crippen molar-refractivity contribution in [1.29, 1.82) is 0 Å². The molecule has 0 bridgehead atoms. The summed E-state index contributed by atoms with van der Waals surface area (Å²) in [7, 11) is 0. The Morgan fingerprint density at radius 1 is 1.06 bits per heavy atom. The van der Waals surface area contributed by atoms with Crippen LogP contribution in [0.25, 0.3) is 0 Å². The molecule has 0 radical (unpaired) electrons. The molecule has 0 heterocycles. The summed E-state index contributed by atoms with van der Waals surface area (Å²) in [4.78, 5) is 0. The predicted octanol–water partition coefficient (Wildman–Crippen LogP) is 4.92. The fourth-order valence-corrected chi connectivity index (χ4v) is 3.64. The summed E-state index contributed by atoms with van der Waals surface area (Å²) >= 11 is 0. The average Bonchev–Trinajstić information content (AvgIpc) is 2.41. The molecule has 1 nitrogen and oxygen atoms in total. The van der Waals surface area contributed by atoms with E-state index in [0.717, 1.165) is 12.8 Å². The molecule has 0 spiro atoms. The Morgan fingerprint density at radius 3 is 2.18 bits per heavy atom. The fraction of sp³-hybridized carbons (Fsp3) is 1.00. The van der Waals surface area contributed by atoms with Crippen molar-refractivity contribution < 1.29 is 5.11 Å². The molecule has 1 heteroatoms. The highest BCUT2D eigenvalue weighted by Gasteiger charge is 2.46. The highest BCUT2D eigenvalue weighted by atomic mass is 16.3. The SMILES string of the molecule is CCCCCCCCC1(O)CC(C)(C)CC1C. The van der Waals surface area contributed by atoms with Gasteiger partial charge in [0.25, 0.3) is 0 Å². The second-order valence-corrected chi connectivity index (χ2v) is 7.07. The van der Waals surface area contributed by atoms with Crippen LogP contribution in [-0.2, 0) is 0 Å². The first-order valence-electron chi connectivity index (χ1n) is 7.62. The van der Waals surface area contributed by atoms with Crippen molar-refractivity contribution in [3.05, 3.63) is 0 Å². The molecule has 2 unspecified atom stereocenters. The van der Waals surface area contributed by atoms with E-state index in [0.29, 0.717) is 11.3 Å². The van der Waals surface area contributed by atoms with Crippen LogP contribution in [-0.4, -0.2) is 10.7 Å². The van der Waals surface area contributed by atoms with Crippen LogP contribution in [0.5, 0.6) is 0 Å². The lowest BCUT2D eigenvalue weighted by atomic mass is 9.85. The van der Waals surface area contributed by atoms with Crippen molar-refractivity contribution in [2.24, 2.45) is 11.3 Å². The van der Waals surface area contributed by atoms with E-state index in [2.05, 4.69) is 27.7 Å². The molecule has 0 aromatic heterocycles. The number of hydrogen-bond donors (Lipinski definition) is 1. The summed E-state index contributed by atoms with van der Waals surface area (Å²) in [5.41, 5.74) is -0.0232. The van der Waals surface area contributed by atoms with Gasteiger partial charge in [-0.15, -0.1) is 0 Å². The van der Waals surface area contributed by atoms with Gasteiger partial charge in [0, 0.05) is 0 Å². The smallest absolute Gasteiger partial charge is 0.0678 e. The lowest BCUT2D eigenvalue weighted by Crippen LogP contribution is -2.31. The van der Waals surface area contributed by atoms with Gasteiger partial charge in [0.1, 0.15) is 0 Å². The van der Waals surface area contributed by atoms with Crippen molar-refractivity contribution >= 4 is 0 Å². The zero-order valence-corrected chi connectivity index (χ0v) is 12.4. The summed E-state index contributed by atoms with van der Waals surface area (Å²) in [6, 6.07) is 0. The zero-order valence-electron chi connectivity index (χ0n) is 12.4. The van der Waals surface area contributed by atoms with E-state index in [1.807, 2.05) is 0 Å². The second-order valence-electron chi connectivity index (χ2n) is 7.07. The minimum absolute atomic E-state index is 0.344. The van der Waals surface area contributed by atoms with E-state index in [4.69, 9.17) is 0 Å². The van der Waals surface area contributed by atoms with Crippen LogP contribution in [0.2, 0.25) is 0 Å². The summed E-state index contributed by atoms with van der Waals surface area (Å²) in [6.07, 6.45) is 11.1. The van der Waals surface area contributed by atoms with E-state index in [-0.39, 0.29) is 5.60 Å². The molecule has 1 rings (SSSR count). The predicted molar refractivity (Wildman–Crippen MR) is 75.1 cm³/mol. The average molecular weight is 240 g/mol. The van der Waals surface area contributed by atoms with Gasteiger partial charge in [-0.3, -0.25) is 0 Å². The zero-order chi connectivity index (χ0) is 12.9. The van der Waals surface area contributed by atoms with E-state index >= 15 is 0 Å². The molecule has 0 aromatic rings. The number of unbranched alkanes of at least 4 members (excludes halogenated alkanes) is 5. The van der Waals surface area contributed by atoms with Gasteiger partial charge < -0.3 is 5.11 Å². The minimum atomic E-state index is -0.367. The fourth-order valence-electron chi connectivity index (χ4n) is 3.64. The van der Waals surface area contributed by atoms with Gasteiger partial charge in [0.2, 0.25) is 0 Å². The van der Waals surface area contributed by atoms with E-state index < -0.39 is 0 Å². The summed E-state index contributed by atoms with van der Waals surface area (Å²) in [6.45, 7) is 9.07. The Bertz CT molecular complexity index is 222. The number of rotatable bonds is 7. The van der Waals surface area contributed by atoms with Gasteiger partial charge >= 0.3 is 0 Å². The maximum atomic E-state index is 10.7. The summed E-state index contributed by atoms with van der Waals surface area (Å²) in [5, 5.41) is 10.7. The van der Waals surface area contributed by atoms with E-state index in [9.17, 15) is 5.11 Å². The van der Waals surface area contributed by atoms with Gasteiger partial charge in [-0.05, 0) is 30.6 Å². The standard InChI is InChI=1S/C16H32O/c1-5-6-7-8-9-10-11-16(17)13-15(3,4)12-14(16)2/h14,17H,5-13H2,1-4H3. The molecule has 0 saturated heterocycles. The first-order chi connectivity index (χ1) is 7.90. The van der Waals surface area contributed by atoms with Crippen molar-refractivity contribution in [3.8, 4) is 0 Å². The van der Waals surface area contributed by atoms with E-state index in [1.54, 1.807) is 0 Å². The third-order valence-electron chi connectivity index (χ3n) is 4.52. The van der Waals surface area contributed by atoms with Crippen LogP contribution < -0.4 is 0 Å². The van der Waals surface area contributed by atoms with Gasteiger partial charge in [0.15, 0.2) is 0 Å². The lowest BCUT2D eigenvalue weighted by Gasteiger charge is -2.28. The largest absolute Gasteiger partial charge is 0.390 e. The van der Waals surface area contributed by atoms with Crippen LogP contribution in [0.1, 0.15) is 85.5 Å². The normalized spacial score (nSPS) is 31.9. The molecule has 2 atom stereocenters. The number of aliphatic hydroxyl groups is 1.